The summed E-state index contributed by atoms with van der Waals surface area (Å²) in [6.45, 7) is 2.53. The molecule has 0 bridgehead atoms. The minimum absolute atomic E-state index is 0.0694. The maximum absolute atomic E-state index is 13.7. The van der Waals surface area contributed by atoms with Gasteiger partial charge in [0.15, 0.2) is 11.6 Å². The number of likely N-dealkylation sites (N-methyl/N-ethyl adjacent to an activating group) is 1. The van der Waals surface area contributed by atoms with E-state index in [9.17, 15) is 13.9 Å². The van der Waals surface area contributed by atoms with Gasteiger partial charge in [0.1, 0.15) is 5.60 Å². The third kappa shape index (κ3) is 1.72. The van der Waals surface area contributed by atoms with Crippen LogP contribution in [0.2, 0.25) is 0 Å². The summed E-state index contributed by atoms with van der Waals surface area (Å²) in [6, 6.07) is 2.98. The molecular weight excluding hydrogens is 212 g/mol. The lowest BCUT2D eigenvalue weighted by atomic mass is 9.91. The lowest BCUT2D eigenvalue weighted by Crippen LogP contribution is -2.30. The highest BCUT2D eigenvalue weighted by Crippen LogP contribution is 2.34. The van der Waals surface area contributed by atoms with Gasteiger partial charge in [0.2, 0.25) is 0 Å². The quantitative estimate of drug-likeness (QED) is 0.790. The van der Waals surface area contributed by atoms with Crippen LogP contribution in [0.15, 0.2) is 12.1 Å². The fourth-order valence-corrected chi connectivity index (χ4v) is 2.21. The molecule has 1 heterocycles. The van der Waals surface area contributed by atoms with Crippen LogP contribution in [0.4, 0.5) is 8.78 Å². The van der Waals surface area contributed by atoms with E-state index in [1.165, 1.54) is 19.1 Å². The molecule has 0 aromatic heterocycles. The number of hydrogen-bond acceptors (Lipinski definition) is 2. The van der Waals surface area contributed by atoms with E-state index in [2.05, 4.69) is 0 Å². The molecule has 0 saturated carbocycles. The molecule has 0 spiro atoms. The second-order valence-electron chi connectivity index (χ2n) is 4.58. The van der Waals surface area contributed by atoms with Gasteiger partial charge in [-0.3, -0.25) is 0 Å². The van der Waals surface area contributed by atoms with Gasteiger partial charge < -0.3 is 10.0 Å². The van der Waals surface area contributed by atoms with Crippen LogP contribution in [0.25, 0.3) is 0 Å². The zero-order valence-corrected chi connectivity index (χ0v) is 9.43. The third-order valence-electron chi connectivity index (χ3n) is 3.22. The van der Waals surface area contributed by atoms with Crippen LogP contribution in [0, 0.1) is 18.6 Å². The summed E-state index contributed by atoms with van der Waals surface area (Å²) >= 11 is 0. The topological polar surface area (TPSA) is 23.5 Å². The SMILES string of the molecule is Cc1ccc(C2(O)CCN(C)C2)c(F)c1F. The average Bonchev–Trinajstić information content (AvgIpc) is 2.56. The molecule has 1 fully saturated rings. The summed E-state index contributed by atoms with van der Waals surface area (Å²) in [6.07, 6.45) is 0.433. The predicted molar refractivity (Wildman–Crippen MR) is 57.1 cm³/mol. The zero-order valence-electron chi connectivity index (χ0n) is 9.43. The van der Waals surface area contributed by atoms with Gasteiger partial charge in [-0.25, -0.2) is 8.78 Å². The first-order valence-corrected chi connectivity index (χ1v) is 5.30. The molecule has 1 saturated heterocycles. The predicted octanol–water partition coefficient (Wildman–Crippen LogP) is 1.80. The molecule has 0 aliphatic carbocycles. The number of nitrogens with zero attached hydrogens (tertiary/aromatic N) is 1. The number of rotatable bonds is 1. The van der Waals surface area contributed by atoms with Crippen LogP contribution in [-0.2, 0) is 5.60 Å². The largest absolute Gasteiger partial charge is 0.384 e. The average molecular weight is 227 g/mol. The zero-order chi connectivity index (χ0) is 11.9. The van der Waals surface area contributed by atoms with Crippen LogP contribution in [0.3, 0.4) is 0 Å². The van der Waals surface area contributed by atoms with Crippen molar-refractivity contribution in [3.05, 3.63) is 34.9 Å². The van der Waals surface area contributed by atoms with Gasteiger partial charge in [0.05, 0.1) is 0 Å². The molecule has 1 aromatic carbocycles. The summed E-state index contributed by atoms with van der Waals surface area (Å²) < 4.78 is 27.1. The Kier molecular flexibility index (Phi) is 2.72. The fourth-order valence-electron chi connectivity index (χ4n) is 2.21. The van der Waals surface area contributed by atoms with Gasteiger partial charge in [-0.1, -0.05) is 12.1 Å². The fraction of sp³-hybridized carbons (Fsp3) is 0.500. The Bertz CT molecular complexity index is 422. The maximum Gasteiger partial charge on any atom is 0.165 e. The molecule has 4 heteroatoms. The van der Waals surface area contributed by atoms with Crippen molar-refractivity contribution in [1.29, 1.82) is 0 Å². The van der Waals surface area contributed by atoms with E-state index in [-0.39, 0.29) is 11.1 Å². The van der Waals surface area contributed by atoms with Crippen LogP contribution in [-0.4, -0.2) is 30.1 Å². The number of hydrogen-bond donors (Lipinski definition) is 1. The van der Waals surface area contributed by atoms with Crippen molar-refractivity contribution in [3.63, 3.8) is 0 Å². The maximum atomic E-state index is 13.7. The van der Waals surface area contributed by atoms with E-state index in [1.807, 2.05) is 11.9 Å². The standard InChI is InChI=1S/C12H15F2NO/c1-8-3-4-9(11(14)10(8)13)12(16)5-6-15(2)7-12/h3-4,16H,5-7H2,1-2H3. The molecule has 2 rings (SSSR count). The normalized spacial score (nSPS) is 26.3. The second kappa shape index (κ2) is 3.79. The van der Waals surface area contributed by atoms with E-state index >= 15 is 0 Å². The first-order valence-electron chi connectivity index (χ1n) is 5.30. The molecule has 1 unspecified atom stereocenters. The van der Waals surface area contributed by atoms with E-state index in [0.717, 1.165) is 0 Å². The van der Waals surface area contributed by atoms with Gasteiger partial charge >= 0.3 is 0 Å². The number of halogens is 2. The van der Waals surface area contributed by atoms with Crippen LogP contribution in [0.5, 0.6) is 0 Å². The number of aryl methyl sites for hydroxylation is 1. The third-order valence-corrected chi connectivity index (χ3v) is 3.22. The van der Waals surface area contributed by atoms with E-state index in [0.29, 0.717) is 19.5 Å². The Balaban J connectivity index is 2.45. The van der Waals surface area contributed by atoms with E-state index in [1.54, 1.807) is 0 Å². The number of aliphatic hydroxyl groups is 1. The number of benzene rings is 1. The van der Waals surface area contributed by atoms with Crippen molar-refractivity contribution in [3.8, 4) is 0 Å². The molecule has 0 amide bonds. The van der Waals surface area contributed by atoms with Crippen LogP contribution in [0.1, 0.15) is 17.5 Å². The van der Waals surface area contributed by atoms with Crippen LogP contribution >= 0.6 is 0 Å². The molecule has 2 nitrogen and oxygen atoms in total. The number of likely N-dealkylation sites (tertiary alicyclic amines) is 1. The smallest absolute Gasteiger partial charge is 0.165 e. The first kappa shape index (κ1) is 11.5. The number of β-amino-alcohol motifs (C(OH)–C–C–N with tert-alkyl or cyclic N) is 1. The molecule has 1 N–H and O–H groups in total. The van der Waals surface area contributed by atoms with Crippen LogP contribution < -0.4 is 0 Å². The van der Waals surface area contributed by atoms with Gasteiger partial charge in [-0.15, -0.1) is 0 Å². The molecule has 1 atom stereocenters. The lowest BCUT2D eigenvalue weighted by molar-refractivity contribution is 0.0445. The minimum atomic E-state index is -1.26. The molecule has 16 heavy (non-hydrogen) atoms. The van der Waals surface area contributed by atoms with Crippen molar-refractivity contribution in [2.24, 2.45) is 0 Å². The first-order chi connectivity index (χ1) is 7.44. The Morgan fingerprint density at radius 2 is 2.00 bits per heavy atom. The summed E-state index contributed by atoms with van der Waals surface area (Å²) in [5.41, 5.74) is -0.927. The Morgan fingerprint density at radius 1 is 1.31 bits per heavy atom. The van der Waals surface area contributed by atoms with Gasteiger partial charge in [0, 0.05) is 18.7 Å². The van der Waals surface area contributed by atoms with Gasteiger partial charge in [-0.05, 0) is 26.0 Å². The van der Waals surface area contributed by atoms with E-state index in [4.69, 9.17) is 0 Å². The van der Waals surface area contributed by atoms with Crippen molar-refractivity contribution >= 4 is 0 Å². The molecule has 1 aliphatic heterocycles. The highest BCUT2D eigenvalue weighted by Gasteiger charge is 2.38. The van der Waals surface area contributed by atoms with Gasteiger partial charge in [0.25, 0.3) is 0 Å². The summed E-state index contributed by atoms with van der Waals surface area (Å²) in [4.78, 5) is 1.90. The van der Waals surface area contributed by atoms with Gasteiger partial charge in [-0.2, -0.15) is 0 Å². The molecule has 1 aliphatic rings. The van der Waals surface area contributed by atoms with Crippen molar-refractivity contribution in [2.45, 2.75) is 18.9 Å². The lowest BCUT2D eigenvalue weighted by Gasteiger charge is -2.23. The summed E-state index contributed by atoms with van der Waals surface area (Å²) in [7, 11) is 1.85. The molecule has 0 radical (unpaired) electrons. The monoisotopic (exact) mass is 227 g/mol. The minimum Gasteiger partial charge on any atom is -0.384 e. The summed E-state index contributed by atoms with van der Waals surface area (Å²) in [5.74, 6) is -1.78. The summed E-state index contributed by atoms with van der Waals surface area (Å²) in [5, 5.41) is 10.3. The Morgan fingerprint density at radius 3 is 2.56 bits per heavy atom. The van der Waals surface area contributed by atoms with Crippen molar-refractivity contribution in [2.75, 3.05) is 20.1 Å². The highest BCUT2D eigenvalue weighted by atomic mass is 19.2. The van der Waals surface area contributed by atoms with E-state index < -0.39 is 17.2 Å². The Labute approximate surface area is 93.5 Å². The second-order valence-corrected chi connectivity index (χ2v) is 4.58. The molecule has 88 valence electrons. The van der Waals surface area contributed by atoms with Crippen molar-refractivity contribution < 1.29 is 13.9 Å². The highest BCUT2D eigenvalue weighted by molar-refractivity contribution is 5.31. The molecular formula is C12H15F2NO. The molecule has 1 aromatic rings. The van der Waals surface area contributed by atoms with Crippen molar-refractivity contribution in [1.82, 2.24) is 4.90 Å². The Hall–Kier alpha value is -1.00.